The molecule has 1 aliphatic rings. The third-order valence-electron chi connectivity index (χ3n) is 3.54. The van der Waals surface area contributed by atoms with Crippen LogP contribution in [0.4, 0.5) is 0 Å². The SMILES string of the molecule is CCC1CCCC(C(=O)c2cc(Br)cs2)C1. The van der Waals surface area contributed by atoms with Crippen molar-refractivity contribution in [1.29, 1.82) is 0 Å². The van der Waals surface area contributed by atoms with Crippen molar-refractivity contribution in [2.24, 2.45) is 11.8 Å². The third-order valence-corrected chi connectivity index (χ3v) is 5.25. The largest absolute Gasteiger partial charge is 0.293 e. The third kappa shape index (κ3) is 2.75. The Hall–Kier alpha value is -0.150. The molecule has 16 heavy (non-hydrogen) atoms. The molecule has 2 atom stereocenters. The van der Waals surface area contributed by atoms with Gasteiger partial charge in [-0.3, -0.25) is 4.79 Å². The maximum atomic E-state index is 12.3. The molecule has 1 nitrogen and oxygen atoms in total. The molecule has 3 heteroatoms. The molecular formula is C13H17BrOS. The highest BCUT2D eigenvalue weighted by molar-refractivity contribution is 9.10. The second kappa shape index (κ2) is 5.46. The highest BCUT2D eigenvalue weighted by atomic mass is 79.9. The van der Waals surface area contributed by atoms with Crippen LogP contribution in [0.1, 0.15) is 48.7 Å². The first kappa shape index (κ1) is 12.3. The number of thiophene rings is 1. The van der Waals surface area contributed by atoms with Gasteiger partial charge in [0.25, 0.3) is 0 Å². The Morgan fingerprint density at radius 3 is 3.00 bits per heavy atom. The van der Waals surface area contributed by atoms with Crippen molar-refractivity contribution in [2.75, 3.05) is 0 Å². The van der Waals surface area contributed by atoms with Crippen molar-refractivity contribution >= 4 is 33.0 Å². The van der Waals surface area contributed by atoms with Crippen LogP contribution in [0.3, 0.4) is 0 Å². The summed E-state index contributed by atoms with van der Waals surface area (Å²) in [6, 6.07) is 1.96. The monoisotopic (exact) mass is 300 g/mol. The summed E-state index contributed by atoms with van der Waals surface area (Å²) in [6.07, 6.45) is 5.95. The van der Waals surface area contributed by atoms with Crippen LogP contribution in [-0.2, 0) is 0 Å². The Labute approximate surface area is 109 Å². The van der Waals surface area contributed by atoms with Gasteiger partial charge in [0.15, 0.2) is 5.78 Å². The molecule has 1 aromatic heterocycles. The van der Waals surface area contributed by atoms with E-state index < -0.39 is 0 Å². The van der Waals surface area contributed by atoms with Crippen LogP contribution in [0.5, 0.6) is 0 Å². The van der Waals surface area contributed by atoms with Gasteiger partial charge < -0.3 is 0 Å². The fourth-order valence-corrected chi connectivity index (χ4v) is 3.99. The topological polar surface area (TPSA) is 17.1 Å². The normalized spacial score (nSPS) is 25.6. The summed E-state index contributed by atoms with van der Waals surface area (Å²) in [6.45, 7) is 2.24. The number of rotatable bonds is 3. The number of Topliss-reactive ketones (excluding diaryl/α,β-unsaturated/α-hetero) is 1. The Balaban J connectivity index is 2.04. The van der Waals surface area contributed by atoms with Crippen molar-refractivity contribution in [2.45, 2.75) is 39.0 Å². The molecule has 88 valence electrons. The Morgan fingerprint density at radius 2 is 2.38 bits per heavy atom. The van der Waals surface area contributed by atoms with Crippen LogP contribution in [0.15, 0.2) is 15.9 Å². The minimum absolute atomic E-state index is 0.282. The van der Waals surface area contributed by atoms with Gasteiger partial charge in [-0.1, -0.05) is 26.2 Å². The van der Waals surface area contributed by atoms with E-state index in [2.05, 4.69) is 22.9 Å². The van der Waals surface area contributed by atoms with Crippen molar-refractivity contribution in [3.05, 3.63) is 20.8 Å². The van der Waals surface area contributed by atoms with Gasteiger partial charge in [-0.15, -0.1) is 11.3 Å². The first-order valence-electron chi connectivity index (χ1n) is 5.99. The quantitative estimate of drug-likeness (QED) is 0.725. The van der Waals surface area contributed by atoms with Gasteiger partial charge >= 0.3 is 0 Å². The molecule has 1 saturated carbocycles. The van der Waals surface area contributed by atoms with Crippen LogP contribution in [-0.4, -0.2) is 5.78 Å². The zero-order valence-corrected chi connectivity index (χ0v) is 11.9. The molecule has 1 aromatic rings. The van der Waals surface area contributed by atoms with E-state index >= 15 is 0 Å². The van der Waals surface area contributed by atoms with Gasteiger partial charge in [0.2, 0.25) is 0 Å². The molecule has 0 saturated heterocycles. The highest BCUT2D eigenvalue weighted by Gasteiger charge is 2.27. The van der Waals surface area contributed by atoms with E-state index in [1.807, 2.05) is 11.4 Å². The molecule has 0 aromatic carbocycles. The van der Waals surface area contributed by atoms with Gasteiger partial charge in [-0.05, 0) is 40.8 Å². The maximum absolute atomic E-state index is 12.3. The lowest BCUT2D eigenvalue weighted by molar-refractivity contribution is 0.0866. The minimum atomic E-state index is 0.282. The maximum Gasteiger partial charge on any atom is 0.175 e. The van der Waals surface area contributed by atoms with E-state index in [0.717, 1.165) is 28.1 Å². The molecule has 0 bridgehead atoms. The number of carbonyl (C=O) groups excluding carboxylic acids is 1. The van der Waals surface area contributed by atoms with Gasteiger partial charge in [0, 0.05) is 15.8 Å². The summed E-state index contributed by atoms with van der Waals surface area (Å²) >= 11 is 4.97. The first-order valence-corrected chi connectivity index (χ1v) is 7.66. The van der Waals surface area contributed by atoms with Crippen molar-refractivity contribution in [1.82, 2.24) is 0 Å². The minimum Gasteiger partial charge on any atom is -0.293 e. The zero-order valence-electron chi connectivity index (χ0n) is 9.54. The second-order valence-corrected chi connectivity index (χ2v) is 6.46. The Kier molecular flexibility index (Phi) is 4.20. The van der Waals surface area contributed by atoms with Gasteiger partial charge in [-0.2, -0.15) is 0 Å². The number of halogens is 1. The lowest BCUT2D eigenvalue weighted by Crippen LogP contribution is -2.22. The summed E-state index contributed by atoms with van der Waals surface area (Å²) in [5.74, 6) is 1.42. The molecule has 0 radical (unpaired) electrons. The zero-order chi connectivity index (χ0) is 11.5. The van der Waals surface area contributed by atoms with E-state index in [-0.39, 0.29) is 5.92 Å². The Morgan fingerprint density at radius 1 is 1.56 bits per heavy atom. The van der Waals surface area contributed by atoms with E-state index in [4.69, 9.17) is 0 Å². The summed E-state index contributed by atoms with van der Waals surface area (Å²) < 4.78 is 1.03. The van der Waals surface area contributed by atoms with E-state index in [1.165, 1.54) is 19.3 Å². The molecular weight excluding hydrogens is 284 g/mol. The first-order chi connectivity index (χ1) is 7.70. The van der Waals surface area contributed by atoms with Crippen LogP contribution >= 0.6 is 27.3 Å². The molecule has 0 N–H and O–H groups in total. The average Bonchev–Trinajstić information content (AvgIpc) is 2.75. The van der Waals surface area contributed by atoms with E-state index in [0.29, 0.717) is 5.78 Å². The predicted octanol–water partition coefficient (Wildman–Crippen LogP) is 4.91. The Bertz CT molecular complexity index is 372. The molecule has 2 unspecified atom stereocenters. The second-order valence-electron chi connectivity index (χ2n) is 4.63. The van der Waals surface area contributed by atoms with Crippen LogP contribution < -0.4 is 0 Å². The highest BCUT2D eigenvalue weighted by Crippen LogP contribution is 2.34. The fraction of sp³-hybridized carbons (Fsp3) is 0.615. The number of hydrogen-bond acceptors (Lipinski definition) is 2. The standard InChI is InChI=1S/C13H17BrOS/c1-2-9-4-3-5-10(6-9)13(15)12-7-11(14)8-16-12/h7-10H,2-6H2,1H3. The number of ketones is 1. The molecule has 2 rings (SSSR count). The summed E-state index contributed by atoms with van der Waals surface area (Å²) in [5.41, 5.74) is 0. The summed E-state index contributed by atoms with van der Waals surface area (Å²) in [4.78, 5) is 13.2. The van der Waals surface area contributed by atoms with Crippen molar-refractivity contribution < 1.29 is 4.79 Å². The molecule has 0 spiro atoms. The smallest absolute Gasteiger partial charge is 0.175 e. The van der Waals surface area contributed by atoms with Gasteiger partial charge in [0.1, 0.15) is 0 Å². The summed E-state index contributed by atoms with van der Waals surface area (Å²) in [7, 11) is 0. The number of hydrogen-bond donors (Lipinski definition) is 0. The lowest BCUT2D eigenvalue weighted by atomic mass is 9.78. The van der Waals surface area contributed by atoms with Crippen molar-refractivity contribution in [3.63, 3.8) is 0 Å². The van der Waals surface area contributed by atoms with Gasteiger partial charge in [-0.25, -0.2) is 0 Å². The molecule has 0 amide bonds. The fourth-order valence-electron chi connectivity index (χ4n) is 2.54. The molecule has 0 aliphatic heterocycles. The summed E-state index contributed by atoms with van der Waals surface area (Å²) in [5, 5.41) is 1.99. The molecule has 1 fully saturated rings. The van der Waals surface area contributed by atoms with Crippen LogP contribution in [0.25, 0.3) is 0 Å². The average molecular weight is 301 g/mol. The van der Waals surface area contributed by atoms with E-state index in [9.17, 15) is 4.79 Å². The van der Waals surface area contributed by atoms with E-state index in [1.54, 1.807) is 11.3 Å². The molecule has 1 heterocycles. The van der Waals surface area contributed by atoms with Crippen LogP contribution in [0, 0.1) is 11.8 Å². The molecule has 1 aliphatic carbocycles. The lowest BCUT2D eigenvalue weighted by Gasteiger charge is -2.27. The van der Waals surface area contributed by atoms with Crippen LogP contribution in [0.2, 0.25) is 0 Å². The van der Waals surface area contributed by atoms with Gasteiger partial charge in [0.05, 0.1) is 4.88 Å². The van der Waals surface area contributed by atoms with Crippen molar-refractivity contribution in [3.8, 4) is 0 Å². The predicted molar refractivity (Wildman–Crippen MR) is 72.1 cm³/mol. The number of carbonyl (C=O) groups is 1.